The second-order valence-electron chi connectivity index (χ2n) is 6.36. The Morgan fingerprint density at radius 1 is 1.33 bits per heavy atom. The lowest BCUT2D eigenvalue weighted by molar-refractivity contribution is -0.126. The van der Waals surface area contributed by atoms with Gasteiger partial charge in [-0.15, -0.1) is 0 Å². The van der Waals surface area contributed by atoms with Gasteiger partial charge in [0.05, 0.1) is 12.1 Å². The van der Waals surface area contributed by atoms with Crippen molar-refractivity contribution in [3.63, 3.8) is 0 Å². The summed E-state index contributed by atoms with van der Waals surface area (Å²) in [6.45, 7) is 2.40. The molecular weight excluding hydrogens is 410 g/mol. The Labute approximate surface area is 166 Å². The second kappa shape index (κ2) is 8.35. The number of nitrogens with zero attached hydrogens (tertiary/aromatic N) is 2. The minimum Gasteiger partial charge on any atom is -0.507 e. The Kier molecular flexibility index (Phi) is 5.91. The molecule has 0 unspecified atom stereocenters. The summed E-state index contributed by atoms with van der Waals surface area (Å²) in [5.74, 6) is -0.791. The van der Waals surface area contributed by atoms with Crippen LogP contribution in [-0.4, -0.2) is 29.7 Å². The van der Waals surface area contributed by atoms with E-state index in [9.17, 15) is 14.7 Å². The molecule has 1 heterocycles. The first-order chi connectivity index (χ1) is 13.0. The zero-order valence-corrected chi connectivity index (χ0v) is 16.4. The summed E-state index contributed by atoms with van der Waals surface area (Å²) in [6.07, 6.45) is 2.46. The van der Waals surface area contributed by atoms with Crippen LogP contribution in [0.1, 0.15) is 24.5 Å². The Morgan fingerprint density at radius 3 is 2.78 bits per heavy atom. The van der Waals surface area contributed by atoms with Gasteiger partial charge in [0.15, 0.2) is 0 Å². The van der Waals surface area contributed by atoms with Gasteiger partial charge in [-0.3, -0.25) is 9.59 Å². The maximum atomic E-state index is 12.3. The highest BCUT2D eigenvalue weighted by molar-refractivity contribution is 9.10. The Morgan fingerprint density at radius 2 is 2.07 bits per heavy atom. The summed E-state index contributed by atoms with van der Waals surface area (Å²) >= 11 is 3.31. The summed E-state index contributed by atoms with van der Waals surface area (Å²) in [7, 11) is 0. The summed E-state index contributed by atoms with van der Waals surface area (Å²) in [5, 5.41) is 13.7. The van der Waals surface area contributed by atoms with Crippen molar-refractivity contribution in [2.24, 2.45) is 11.0 Å². The van der Waals surface area contributed by atoms with Crippen LogP contribution in [0, 0.1) is 5.92 Å². The van der Waals surface area contributed by atoms with Crippen molar-refractivity contribution in [2.45, 2.75) is 19.8 Å². The van der Waals surface area contributed by atoms with E-state index in [1.807, 2.05) is 24.3 Å². The number of hydrogen-bond donors (Lipinski definition) is 2. The largest absolute Gasteiger partial charge is 0.507 e. The van der Waals surface area contributed by atoms with Crippen LogP contribution < -0.4 is 10.3 Å². The van der Waals surface area contributed by atoms with E-state index in [0.717, 1.165) is 16.6 Å². The highest BCUT2D eigenvalue weighted by atomic mass is 79.9. The van der Waals surface area contributed by atoms with Gasteiger partial charge in [-0.1, -0.05) is 35.0 Å². The Balaban J connectivity index is 1.61. The van der Waals surface area contributed by atoms with Gasteiger partial charge in [0, 0.05) is 28.7 Å². The SMILES string of the molecule is CCc1ccc(N2C[C@H](C(=O)N/N=C/c3cc(Br)ccc3O)CC2=O)cc1. The fourth-order valence-corrected chi connectivity index (χ4v) is 3.31. The van der Waals surface area contributed by atoms with Crippen LogP contribution in [0.15, 0.2) is 52.0 Å². The minimum atomic E-state index is -0.461. The number of halogens is 1. The van der Waals surface area contributed by atoms with E-state index >= 15 is 0 Å². The molecule has 0 spiro atoms. The maximum Gasteiger partial charge on any atom is 0.245 e. The number of nitrogens with one attached hydrogen (secondary N) is 1. The molecule has 0 aliphatic carbocycles. The normalized spacial score (nSPS) is 16.9. The molecule has 27 heavy (non-hydrogen) atoms. The van der Waals surface area contributed by atoms with Crippen molar-refractivity contribution >= 4 is 39.6 Å². The smallest absolute Gasteiger partial charge is 0.245 e. The molecule has 1 aliphatic heterocycles. The fraction of sp³-hybridized carbons (Fsp3) is 0.250. The third kappa shape index (κ3) is 4.54. The molecule has 2 aromatic carbocycles. The number of aryl methyl sites for hydroxylation is 1. The quantitative estimate of drug-likeness (QED) is 0.565. The van der Waals surface area contributed by atoms with E-state index in [4.69, 9.17) is 0 Å². The number of amides is 2. The number of aromatic hydroxyl groups is 1. The third-order valence-electron chi connectivity index (χ3n) is 4.52. The van der Waals surface area contributed by atoms with E-state index in [0.29, 0.717) is 12.1 Å². The van der Waals surface area contributed by atoms with Crippen molar-refractivity contribution in [1.29, 1.82) is 0 Å². The zero-order chi connectivity index (χ0) is 19.4. The first-order valence-corrected chi connectivity index (χ1v) is 9.48. The van der Waals surface area contributed by atoms with Gasteiger partial charge in [0.2, 0.25) is 11.8 Å². The van der Waals surface area contributed by atoms with Crippen LogP contribution >= 0.6 is 15.9 Å². The predicted octanol–water partition coefficient (Wildman–Crippen LogP) is 3.22. The number of hydrazone groups is 1. The van der Waals surface area contributed by atoms with E-state index in [-0.39, 0.29) is 24.0 Å². The molecule has 0 radical (unpaired) electrons. The Bertz CT molecular complexity index is 881. The molecule has 2 N–H and O–H groups in total. The van der Waals surface area contributed by atoms with Crippen LogP contribution in [0.3, 0.4) is 0 Å². The standard InChI is InChI=1S/C20H20BrN3O3/c1-2-13-3-6-17(7-4-13)24-12-15(10-19(24)26)20(27)23-22-11-14-9-16(21)5-8-18(14)25/h3-9,11,15,25H,2,10,12H2,1H3,(H,23,27)/b22-11+/t15-/m1/s1. The van der Waals surface area contributed by atoms with Gasteiger partial charge < -0.3 is 10.0 Å². The maximum absolute atomic E-state index is 12.3. The van der Waals surface area contributed by atoms with Crippen LogP contribution in [0.2, 0.25) is 0 Å². The van der Waals surface area contributed by atoms with E-state index in [2.05, 4.69) is 33.4 Å². The van der Waals surface area contributed by atoms with Crippen LogP contribution in [0.5, 0.6) is 5.75 Å². The van der Waals surface area contributed by atoms with E-state index < -0.39 is 5.92 Å². The lowest BCUT2D eigenvalue weighted by Crippen LogP contribution is -2.30. The highest BCUT2D eigenvalue weighted by Gasteiger charge is 2.35. The van der Waals surface area contributed by atoms with Crippen LogP contribution in [0.4, 0.5) is 5.69 Å². The molecule has 0 saturated carbocycles. The molecule has 1 saturated heterocycles. The average molecular weight is 430 g/mol. The molecule has 3 rings (SSSR count). The molecule has 2 aromatic rings. The summed E-state index contributed by atoms with van der Waals surface area (Å²) in [4.78, 5) is 26.3. The molecule has 1 aliphatic rings. The summed E-state index contributed by atoms with van der Waals surface area (Å²) in [5.41, 5.74) is 4.93. The lowest BCUT2D eigenvalue weighted by atomic mass is 10.1. The van der Waals surface area contributed by atoms with Crippen molar-refractivity contribution in [3.05, 3.63) is 58.1 Å². The van der Waals surface area contributed by atoms with Crippen LogP contribution in [-0.2, 0) is 16.0 Å². The van der Waals surface area contributed by atoms with Crippen molar-refractivity contribution in [3.8, 4) is 5.75 Å². The Hall–Kier alpha value is -2.67. The number of anilines is 1. The third-order valence-corrected chi connectivity index (χ3v) is 5.01. The number of carbonyl (C=O) groups is 2. The highest BCUT2D eigenvalue weighted by Crippen LogP contribution is 2.25. The van der Waals surface area contributed by atoms with Crippen molar-refractivity contribution in [2.75, 3.05) is 11.4 Å². The molecule has 1 fully saturated rings. The molecule has 7 heteroatoms. The first-order valence-electron chi connectivity index (χ1n) is 8.68. The molecule has 0 aromatic heterocycles. The van der Waals surface area contributed by atoms with Gasteiger partial charge in [0.1, 0.15) is 5.75 Å². The number of carbonyl (C=O) groups excluding carboxylic acids is 2. The topological polar surface area (TPSA) is 82.0 Å². The molecule has 0 bridgehead atoms. The van der Waals surface area contributed by atoms with Gasteiger partial charge in [-0.2, -0.15) is 5.10 Å². The summed E-state index contributed by atoms with van der Waals surface area (Å²) in [6, 6.07) is 12.7. The number of hydrogen-bond acceptors (Lipinski definition) is 4. The molecule has 2 amide bonds. The number of rotatable bonds is 5. The number of phenolic OH excluding ortho intramolecular Hbond substituents is 1. The zero-order valence-electron chi connectivity index (χ0n) is 14.9. The lowest BCUT2D eigenvalue weighted by Gasteiger charge is -2.16. The van der Waals surface area contributed by atoms with E-state index in [1.54, 1.807) is 17.0 Å². The first kappa shape index (κ1) is 19.1. The van der Waals surface area contributed by atoms with Gasteiger partial charge >= 0.3 is 0 Å². The monoisotopic (exact) mass is 429 g/mol. The second-order valence-corrected chi connectivity index (χ2v) is 7.28. The molecular formula is C20H20BrN3O3. The molecule has 6 nitrogen and oxygen atoms in total. The van der Waals surface area contributed by atoms with Gasteiger partial charge in [-0.25, -0.2) is 5.43 Å². The van der Waals surface area contributed by atoms with Gasteiger partial charge in [0.25, 0.3) is 0 Å². The van der Waals surface area contributed by atoms with Gasteiger partial charge in [-0.05, 0) is 42.3 Å². The minimum absolute atomic E-state index is 0.0638. The summed E-state index contributed by atoms with van der Waals surface area (Å²) < 4.78 is 0.791. The number of benzene rings is 2. The average Bonchev–Trinajstić information content (AvgIpc) is 3.06. The fourth-order valence-electron chi connectivity index (χ4n) is 2.93. The molecule has 1 atom stereocenters. The van der Waals surface area contributed by atoms with Crippen LogP contribution in [0.25, 0.3) is 0 Å². The predicted molar refractivity (Wildman–Crippen MR) is 108 cm³/mol. The number of phenols is 1. The van der Waals surface area contributed by atoms with E-state index in [1.165, 1.54) is 17.8 Å². The van der Waals surface area contributed by atoms with Crippen molar-refractivity contribution < 1.29 is 14.7 Å². The molecule has 140 valence electrons. The van der Waals surface area contributed by atoms with Crippen molar-refractivity contribution in [1.82, 2.24) is 5.43 Å².